The quantitative estimate of drug-likeness (QED) is 0.811. The minimum absolute atomic E-state index is 0.0683. The van der Waals surface area contributed by atoms with E-state index >= 15 is 0 Å². The van der Waals surface area contributed by atoms with E-state index in [0.717, 1.165) is 0 Å². The van der Waals surface area contributed by atoms with Crippen LogP contribution in [0.2, 0.25) is 0 Å². The SMILES string of the molecule is CC1CC(NS(=O)(=O)c2ccccc2C#CCN)CCO1. The smallest absolute Gasteiger partial charge is 0.242 e. The van der Waals surface area contributed by atoms with Crippen molar-refractivity contribution >= 4 is 10.0 Å². The van der Waals surface area contributed by atoms with Crippen molar-refractivity contribution in [3.63, 3.8) is 0 Å². The van der Waals surface area contributed by atoms with Gasteiger partial charge in [-0.25, -0.2) is 13.1 Å². The van der Waals surface area contributed by atoms with Crippen molar-refractivity contribution in [1.29, 1.82) is 0 Å². The molecule has 0 spiro atoms. The Balaban J connectivity index is 2.23. The molecule has 1 heterocycles. The lowest BCUT2D eigenvalue weighted by Gasteiger charge is -2.27. The Hall–Kier alpha value is -1.39. The number of sulfonamides is 1. The molecule has 0 aliphatic carbocycles. The first-order valence-corrected chi connectivity index (χ1v) is 8.43. The lowest BCUT2D eigenvalue weighted by Crippen LogP contribution is -2.41. The van der Waals surface area contributed by atoms with Gasteiger partial charge in [0, 0.05) is 18.2 Å². The van der Waals surface area contributed by atoms with E-state index in [9.17, 15) is 8.42 Å². The molecule has 2 rings (SSSR count). The molecule has 1 aliphatic rings. The largest absolute Gasteiger partial charge is 0.378 e. The molecule has 1 aromatic carbocycles. The molecule has 1 aliphatic heterocycles. The number of nitrogens with two attached hydrogens (primary N) is 1. The zero-order valence-corrected chi connectivity index (χ0v) is 12.8. The Kier molecular flexibility index (Phi) is 5.37. The Bertz CT molecular complexity index is 646. The summed E-state index contributed by atoms with van der Waals surface area (Å²) in [5.74, 6) is 5.50. The molecule has 1 aromatic rings. The van der Waals surface area contributed by atoms with E-state index in [1.165, 1.54) is 0 Å². The van der Waals surface area contributed by atoms with Crippen LogP contribution in [0.25, 0.3) is 0 Å². The van der Waals surface area contributed by atoms with Crippen LogP contribution in [-0.2, 0) is 14.8 Å². The number of benzene rings is 1. The van der Waals surface area contributed by atoms with Gasteiger partial charge >= 0.3 is 0 Å². The van der Waals surface area contributed by atoms with Gasteiger partial charge in [-0.1, -0.05) is 24.0 Å². The molecule has 0 saturated carbocycles. The maximum Gasteiger partial charge on any atom is 0.242 e. The van der Waals surface area contributed by atoms with Gasteiger partial charge in [-0.15, -0.1) is 0 Å². The molecular formula is C15H20N2O3S. The van der Waals surface area contributed by atoms with Crippen LogP contribution >= 0.6 is 0 Å². The zero-order chi connectivity index (χ0) is 15.3. The number of ether oxygens (including phenoxy) is 1. The summed E-state index contributed by atoms with van der Waals surface area (Å²) in [7, 11) is -3.59. The van der Waals surface area contributed by atoms with Crippen LogP contribution in [0.4, 0.5) is 0 Å². The van der Waals surface area contributed by atoms with Gasteiger partial charge in [0.1, 0.15) is 0 Å². The predicted molar refractivity (Wildman–Crippen MR) is 81.1 cm³/mol. The zero-order valence-electron chi connectivity index (χ0n) is 12.0. The molecule has 2 unspecified atom stereocenters. The second-order valence-electron chi connectivity index (χ2n) is 5.03. The van der Waals surface area contributed by atoms with Crippen LogP contribution in [0.15, 0.2) is 29.2 Å². The van der Waals surface area contributed by atoms with Crippen LogP contribution in [0, 0.1) is 11.8 Å². The van der Waals surface area contributed by atoms with Crippen molar-refractivity contribution in [3.05, 3.63) is 29.8 Å². The van der Waals surface area contributed by atoms with E-state index in [-0.39, 0.29) is 23.6 Å². The fourth-order valence-electron chi connectivity index (χ4n) is 2.34. The summed E-state index contributed by atoms with van der Waals surface area (Å²) in [6.07, 6.45) is 1.43. The van der Waals surface area contributed by atoms with Crippen molar-refractivity contribution in [3.8, 4) is 11.8 Å². The van der Waals surface area contributed by atoms with Crippen molar-refractivity contribution in [2.75, 3.05) is 13.2 Å². The third kappa shape index (κ3) is 4.29. The Labute approximate surface area is 125 Å². The molecule has 0 bridgehead atoms. The van der Waals surface area contributed by atoms with Crippen molar-refractivity contribution in [2.45, 2.75) is 36.8 Å². The highest BCUT2D eigenvalue weighted by molar-refractivity contribution is 7.89. The molecule has 21 heavy (non-hydrogen) atoms. The summed E-state index contributed by atoms with van der Waals surface area (Å²) < 4.78 is 33.3. The van der Waals surface area contributed by atoms with Gasteiger partial charge in [-0.2, -0.15) is 0 Å². The van der Waals surface area contributed by atoms with Gasteiger partial charge in [-0.05, 0) is 31.9 Å². The highest BCUT2D eigenvalue weighted by Gasteiger charge is 2.26. The van der Waals surface area contributed by atoms with Gasteiger partial charge in [0.25, 0.3) is 0 Å². The van der Waals surface area contributed by atoms with Gasteiger partial charge < -0.3 is 10.5 Å². The Morgan fingerprint density at radius 1 is 1.43 bits per heavy atom. The predicted octanol–water partition coefficient (Wildman–Crippen LogP) is 0.843. The maximum atomic E-state index is 12.5. The molecule has 0 radical (unpaired) electrons. The summed E-state index contributed by atoms with van der Waals surface area (Å²) >= 11 is 0. The molecule has 0 aromatic heterocycles. The Morgan fingerprint density at radius 3 is 2.90 bits per heavy atom. The molecule has 1 fully saturated rings. The second kappa shape index (κ2) is 7.05. The summed E-state index contributed by atoms with van der Waals surface area (Å²) in [6, 6.07) is 6.59. The highest BCUT2D eigenvalue weighted by Crippen LogP contribution is 2.19. The average Bonchev–Trinajstić information content (AvgIpc) is 2.45. The van der Waals surface area contributed by atoms with Gasteiger partial charge in [0.05, 0.1) is 17.5 Å². The lowest BCUT2D eigenvalue weighted by atomic mass is 10.1. The minimum atomic E-state index is -3.59. The first-order chi connectivity index (χ1) is 10.0. The van der Waals surface area contributed by atoms with Crippen LogP contribution < -0.4 is 10.5 Å². The van der Waals surface area contributed by atoms with E-state index in [4.69, 9.17) is 10.5 Å². The molecule has 6 heteroatoms. The summed E-state index contributed by atoms with van der Waals surface area (Å²) in [5, 5.41) is 0. The molecule has 2 atom stereocenters. The summed E-state index contributed by atoms with van der Waals surface area (Å²) in [6.45, 7) is 2.71. The molecule has 0 amide bonds. The maximum absolute atomic E-state index is 12.5. The third-order valence-corrected chi connectivity index (χ3v) is 4.89. The molecule has 1 saturated heterocycles. The number of hydrogen-bond donors (Lipinski definition) is 2. The van der Waals surface area contributed by atoms with Crippen LogP contribution in [0.5, 0.6) is 0 Å². The van der Waals surface area contributed by atoms with Gasteiger partial charge in [-0.3, -0.25) is 0 Å². The van der Waals surface area contributed by atoms with Gasteiger partial charge in [0.15, 0.2) is 0 Å². The second-order valence-corrected chi connectivity index (χ2v) is 6.71. The Morgan fingerprint density at radius 2 is 2.19 bits per heavy atom. The number of nitrogens with one attached hydrogen (secondary N) is 1. The third-order valence-electron chi connectivity index (χ3n) is 3.31. The van der Waals surface area contributed by atoms with Crippen molar-refractivity contribution in [2.24, 2.45) is 5.73 Å². The topological polar surface area (TPSA) is 81.4 Å². The molecule has 3 N–H and O–H groups in total. The van der Waals surface area contributed by atoms with Crippen molar-refractivity contribution in [1.82, 2.24) is 4.72 Å². The first kappa shape index (κ1) is 16.0. The summed E-state index contributed by atoms with van der Waals surface area (Å²) in [4.78, 5) is 0.199. The van der Waals surface area contributed by atoms with Gasteiger partial charge in [0.2, 0.25) is 10.0 Å². The fourth-order valence-corrected chi connectivity index (χ4v) is 3.78. The molecule has 5 nitrogen and oxygen atoms in total. The van der Waals surface area contributed by atoms with Crippen LogP contribution in [0.3, 0.4) is 0 Å². The standard InChI is InChI=1S/C15H20N2O3S/c1-12-11-14(8-10-20-12)17-21(18,19)15-7-3-2-5-13(15)6-4-9-16/h2-3,5,7,12,14,17H,8-11,16H2,1H3. The van der Waals surface area contributed by atoms with E-state index in [1.807, 2.05) is 6.92 Å². The highest BCUT2D eigenvalue weighted by atomic mass is 32.2. The van der Waals surface area contributed by atoms with E-state index in [2.05, 4.69) is 16.6 Å². The van der Waals surface area contributed by atoms with Crippen LogP contribution in [-0.4, -0.2) is 33.7 Å². The van der Waals surface area contributed by atoms with E-state index in [1.54, 1.807) is 24.3 Å². The number of hydrogen-bond acceptors (Lipinski definition) is 4. The average molecular weight is 308 g/mol. The van der Waals surface area contributed by atoms with E-state index in [0.29, 0.717) is 25.0 Å². The lowest BCUT2D eigenvalue weighted by molar-refractivity contribution is 0.0173. The van der Waals surface area contributed by atoms with E-state index < -0.39 is 10.0 Å². The minimum Gasteiger partial charge on any atom is -0.378 e. The molecule has 114 valence electrons. The summed E-state index contributed by atoms with van der Waals surface area (Å²) in [5.41, 5.74) is 5.82. The fraction of sp³-hybridized carbons (Fsp3) is 0.467. The normalized spacial score (nSPS) is 22.4. The monoisotopic (exact) mass is 308 g/mol. The van der Waals surface area contributed by atoms with Crippen LogP contribution in [0.1, 0.15) is 25.3 Å². The number of rotatable bonds is 3. The molecular weight excluding hydrogens is 288 g/mol. The van der Waals surface area contributed by atoms with Crippen molar-refractivity contribution < 1.29 is 13.2 Å². The first-order valence-electron chi connectivity index (χ1n) is 6.95.